The Bertz CT molecular complexity index is 806. The van der Waals surface area contributed by atoms with Gasteiger partial charge in [0, 0.05) is 25.7 Å². The lowest BCUT2D eigenvalue weighted by molar-refractivity contribution is -0.159. The molecule has 2 aromatic carbocycles. The molecule has 1 aliphatic rings. The highest BCUT2D eigenvalue weighted by Gasteiger charge is 2.25. The molecule has 7 nitrogen and oxygen atoms in total. The molecule has 0 spiro atoms. The van der Waals surface area contributed by atoms with Crippen LogP contribution in [0.15, 0.2) is 60.7 Å². The number of likely N-dealkylation sites (tertiary alicyclic amines) is 1. The summed E-state index contributed by atoms with van der Waals surface area (Å²) in [5.74, 6) is -3.39. The summed E-state index contributed by atoms with van der Waals surface area (Å²) in [6.07, 6.45) is 2.64. The molecular weight excluding hydrogens is 384 g/mol. The summed E-state index contributed by atoms with van der Waals surface area (Å²) < 4.78 is 0. The molecule has 3 rings (SSSR count). The smallest absolute Gasteiger partial charge is 0.414 e. The maximum absolute atomic E-state index is 12.4. The summed E-state index contributed by atoms with van der Waals surface area (Å²) >= 11 is 0. The summed E-state index contributed by atoms with van der Waals surface area (Å²) in [7, 11) is 2.19. The zero-order valence-corrected chi connectivity index (χ0v) is 17.1. The first kappa shape index (κ1) is 23.1. The van der Waals surface area contributed by atoms with Crippen LogP contribution in [0.25, 0.3) is 0 Å². The quantitative estimate of drug-likeness (QED) is 0.733. The van der Waals surface area contributed by atoms with Crippen molar-refractivity contribution in [1.29, 1.82) is 0 Å². The van der Waals surface area contributed by atoms with Crippen molar-refractivity contribution in [3.63, 3.8) is 0 Å². The van der Waals surface area contributed by atoms with E-state index in [0.29, 0.717) is 12.5 Å². The summed E-state index contributed by atoms with van der Waals surface area (Å²) in [6.45, 7) is 2.72. The van der Waals surface area contributed by atoms with E-state index in [1.807, 2.05) is 35.2 Å². The number of nitrogens with zero attached hydrogens (tertiary/aromatic N) is 2. The zero-order valence-electron chi connectivity index (χ0n) is 17.1. The number of carboxylic acids is 2. The van der Waals surface area contributed by atoms with E-state index in [0.717, 1.165) is 38.0 Å². The van der Waals surface area contributed by atoms with Gasteiger partial charge in [0.05, 0.1) is 6.42 Å². The number of aliphatic carboxylic acids is 2. The van der Waals surface area contributed by atoms with E-state index in [9.17, 15) is 4.79 Å². The van der Waals surface area contributed by atoms with Gasteiger partial charge in [0.2, 0.25) is 5.91 Å². The van der Waals surface area contributed by atoms with E-state index in [2.05, 4.69) is 42.3 Å². The molecule has 160 valence electrons. The highest BCUT2D eigenvalue weighted by atomic mass is 16.4. The number of hydrogen-bond donors (Lipinski definition) is 2. The lowest BCUT2D eigenvalue weighted by Gasteiger charge is -2.37. The molecule has 0 bridgehead atoms. The fourth-order valence-corrected chi connectivity index (χ4v) is 3.44. The van der Waals surface area contributed by atoms with Gasteiger partial charge in [-0.15, -0.1) is 0 Å². The van der Waals surface area contributed by atoms with Crippen LogP contribution in [-0.2, 0) is 27.3 Å². The van der Waals surface area contributed by atoms with E-state index in [1.54, 1.807) is 0 Å². The number of piperidine rings is 1. The monoisotopic (exact) mass is 412 g/mol. The van der Waals surface area contributed by atoms with Gasteiger partial charge in [0.15, 0.2) is 0 Å². The summed E-state index contributed by atoms with van der Waals surface area (Å²) in [5, 5.41) is 14.8. The second-order valence-electron chi connectivity index (χ2n) is 7.29. The lowest BCUT2D eigenvalue weighted by atomic mass is 10.0. The van der Waals surface area contributed by atoms with Gasteiger partial charge in [-0.2, -0.15) is 0 Å². The Kier molecular flexibility index (Phi) is 9.03. The van der Waals surface area contributed by atoms with Crippen molar-refractivity contribution < 1.29 is 24.6 Å². The first-order chi connectivity index (χ1) is 14.4. The molecule has 2 aromatic rings. The van der Waals surface area contributed by atoms with Crippen LogP contribution in [0.2, 0.25) is 0 Å². The zero-order chi connectivity index (χ0) is 21.9. The van der Waals surface area contributed by atoms with Gasteiger partial charge in [-0.1, -0.05) is 60.7 Å². The molecule has 30 heavy (non-hydrogen) atoms. The normalized spacial score (nSPS) is 14.0. The molecule has 0 radical (unpaired) electrons. The Labute approximate surface area is 176 Å². The van der Waals surface area contributed by atoms with E-state index in [1.165, 1.54) is 5.56 Å². The third-order valence-corrected chi connectivity index (χ3v) is 5.10. The minimum Gasteiger partial charge on any atom is -0.473 e. The highest BCUT2D eigenvalue weighted by Crippen LogP contribution is 2.18. The largest absolute Gasteiger partial charge is 0.473 e. The summed E-state index contributed by atoms with van der Waals surface area (Å²) in [4.78, 5) is 35.1. The van der Waals surface area contributed by atoms with Crippen molar-refractivity contribution in [1.82, 2.24) is 9.80 Å². The van der Waals surface area contributed by atoms with E-state index in [4.69, 9.17) is 19.8 Å². The molecule has 0 aromatic heterocycles. The van der Waals surface area contributed by atoms with Crippen molar-refractivity contribution >= 4 is 17.8 Å². The Hall–Kier alpha value is -3.19. The molecule has 2 N–H and O–H groups in total. The summed E-state index contributed by atoms with van der Waals surface area (Å²) in [5.41, 5.74) is 2.45. The number of carbonyl (C=O) groups is 3. The fraction of sp³-hybridized carbons (Fsp3) is 0.348. The minimum atomic E-state index is -1.82. The van der Waals surface area contributed by atoms with Gasteiger partial charge in [0.25, 0.3) is 0 Å². The molecular formula is C23H28N2O5. The summed E-state index contributed by atoms with van der Waals surface area (Å²) in [6, 6.07) is 21.2. The predicted molar refractivity (Wildman–Crippen MR) is 113 cm³/mol. The maximum Gasteiger partial charge on any atom is 0.414 e. The number of amides is 1. The number of carbonyl (C=O) groups excluding carboxylic acids is 1. The highest BCUT2D eigenvalue weighted by molar-refractivity contribution is 6.27. The average Bonchev–Trinajstić information content (AvgIpc) is 2.75. The van der Waals surface area contributed by atoms with Gasteiger partial charge >= 0.3 is 11.9 Å². The second-order valence-corrected chi connectivity index (χ2v) is 7.29. The number of carboxylic acid groups (broad SMARTS) is 2. The average molecular weight is 412 g/mol. The van der Waals surface area contributed by atoms with Crippen LogP contribution in [0.5, 0.6) is 0 Å². The van der Waals surface area contributed by atoms with E-state index in [-0.39, 0.29) is 5.91 Å². The van der Waals surface area contributed by atoms with Gasteiger partial charge in [-0.05, 0) is 31.0 Å². The molecule has 0 unspecified atom stereocenters. The van der Waals surface area contributed by atoms with Crippen molar-refractivity contribution in [2.24, 2.45) is 0 Å². The maximum atomic E-state index is 12.4. The van der Waals surface area contributed by atoms with Gasteiger partial charge in [0.1, 0.15) is 0 Å². The third-order valence-electron chi connectivity index (χ3n) is 5.10. The topological polar surface area (TPSA) is 98.2 Å². The number of hydrogen-bond acceptors (Lipinski definition) is 4. The first-order valence-electron chi connectivity index (χ1n) is 9.89. The van der Waals surface area contributed by atoms with Gasteiger partial charge < -0.3 is 15.1 Å². The molecule has 0 aliphatic carbocycles. The molecule has 1 saturated heterocycles. The molecule has 1 aliphatic heterocycles. The molecule has 1 heterocycles. The van der Waals surface area contributed by atoms with Gasteiger partial charge in [-0.25, -0.2) is 9.59 Å². The van der Waals surface area contributed by atoms with Crippen molar-refractivity contribution in [3.05, 3.63) is 71.8 Å². The fourth-order valence-electron chi connectivity index (χ4n) is 3.44. The molecule has 1 amide bonds. The Morgan fingerprint density at radius 3 is 1.80 bits per heavy atom. The van der Waals surface area contributed by atoms with Crippen LogP contribution in [0.4, 0.5) is 0 Å². The van der Waals surface area contributed by atoms with E-state index >= 15 is 0 Å². The second kappa shape index (κ2) is 11.7. The lowest BCUT2D eigenvalue weighted by Crippen LogP contribution is -2.45. The van der Waals surface area contributed by atoms with Crippen molar-refractivity contribution in [3.8, 4) is 0 Å². The molecule has 0 saturated carbocycles. The van der Waals surface area contributed by atoms with Crippen molar-refractivity contribution in [2.75, 3.05) is 20.1 Å². The van der Waals surface area contributed by atoms with Crippen LogP contribution in [-0.4, -0.2) is 64.0 Å². The Morgan fingerprint density at radius 1 is 0.867 bits per heavy atom. The van der Waals surface area contributed by atoms with Crippen LogP contribution in [0.3, 0.4) is 0 Å². The van der Waals surface area contributed by atoms with Gasteiger partial charge in [-0.3, -0.25) is 9.69 Å². The Balaban J connectivity index is 0.000000469. The van der Waals surface area contributed by atoms with E-state index < -0.39 is 11.9 Å². The molecule has 1 fully saturated rings. The predicted octanol–water partition coefficient (Wildman–Crippen LogP) is 2.51. The van der Waals surface area contributed by atoms with Crippen LogP contribution in [0.1, 0.15) is 24.0 Å². The Morgan fingerprint density at radius 2 is 1.33 bits per heavy atom. The number of benzene rings is 2. The minimum absolute atomic E-state index is 0.255. The third kappa shape index (κ3) is 7.67. The van der Waals surface area contributed by atoms with Crippen LogP contribution < -0.4 is 0 Å². The molecule has 0 atom stereocenters. The first-order valence-corrected chi connectivity index (χ1v) is 9.89. The van der Waals surface area contributed by atoms with Crippen molar-refractivity contribution in [2.45, 2.75) is 31.8 Å². The van der Waals surface area contributed by atoms with Crippen LogP contribution >= 0.6 is 0 Å². The SMILES string of the molecule is CN(Cc1ccccc1)C1CCN(C(=O)Cc2ccccc2)CC1.O=C(O)C(=O)O. The molecule has 7 heteroatoms. The standard InChI is InChI=1S/C21H26N2O.C2H2O4/c1-22(17-19-10-6-3-7-11-19)20-12-14-23(15-13-20)21(24)16-18-8-4-2-5-9-18;3-1(4)2(5)6/h2-11,20H,12-17H2,1H3;(H,3,4)(H,5,6). The number of rotatable bonds is 5. The van der Waals surface area contributed by atoms with Crippen LogP contribution in [0, 0.1) is 0 Å².